The third-order valence-corrected chi connectivity index (χ3v) is 7.25. The van der Waals surface area contributed by atoms with Gasteiger partial charge in [0.15, 0.2) is 11.5 Å². The van der Waals surface area contributed by atoms with Crippen molar-refractivity contribution in [3.63, 3.8) is 0 Å². The SMILES string of the molecule is CCOCCOC(=O)C(C)(C)NP(=O)(CO[C@H](C)Cn1cnc2c(N)ncnc21)Oc1ccc(Cl)cc1. The van der Waals surface area contributed by atoms with E-state index in [-0.39, 0.29) is 25.4 Å². The van der Waals surface area contributed by atoms with Gasteiger partial charge < -0.3 is 29.0 Å². The standard InChI is InChI=1S/C23H32ClN6O6P/c1-5-33-10-11-34-22(31)23(3,4)29-37(32,36-18-8-6-17(24)7-9-18)15-35-16(2)12-30-14-28-19-20(25)26-13-27-21(19)30/h6-9,13-14,16H,5,10-12,15H2,1-4H3,(H,29,32)(H2,25,26,27)/t16-,37?/m1/s1. The first-order valence-electron chi connectivity index (χ1n) is 11.6. The molecule has 1 unspecified atom stereocenters. The number of carbonyl (C=O) groups is 1. The van der Waals surface area contributed by atoms with Crippen molar-refractivity contribution in [2.45, 2.75) is 45.9 Å². The number of nitrogens with two attached hydrogens (primary N) is 1. The number of fused-ring (bicyclic) bond motifs is 1. The molecule has 202 valence electrons. The zero-order valence-corrected chi connectivity index (χ0v) is 22.9. The van der Waals surface area contributed by atoms with Crippen LogP contribution in [0.4, 0.5) is 5.82 Å². The minimum Gasteiger partial charge on any atom is -0.462 e. The van der Waals surface area contributed by atoms with Gasteiger partial charge in [0.25, 0.3) is 0 Å². The van der Waals surface area contributed by atoms with Gasteiger partial charge in [0.05, 0.1) is 25.6 Å². The molecule has 3 N–H and O–H groups in total. The maximum absolute atomic E-state index is 13.9. The number of hydrogen-bond acceptors (Lipinski definition) is 10. The summed E-state index contributed by atoms with van der Waals surface area (Å²) >= 11 is 5.96. The number of halogens is 1. The third-order valence-electron chi connectivity index (χ3n) is 5.10. The molecule has 0 saturated carbocycles. The van der Waals surface area contributed by atoms with E-state index in [2.05, 4.69) is 20.0 Å². The molecule has 0 radical (unpaired) electrons. The van der Waals surface area contributed by atoms with Crippen molar-refractivity contribution in [1.82, 2.24) is 24.6 Å². The van der Waals surface area contributed by atoms with E-state index in [9.17, 15) is 9.36 Å². The van der Waals surface area contributed by atoms with E-state index in [1.165, 1.54) is 6.33 Å². The molecule has 2 aromatic heterocycles. The van der Waals surface area contributed by atoms with Crippen LogP contribution in [0.1, 0.15) is 27.7 Å². The van der Waals surface area contributed by atoms with Crippen LogP contribution >= 0.6 is 19.1 Å². The molecule has 0 aliphatic heterocycles. The van der Waals surface area contributed by atoms with Crippen molar-refractivity contribution in [1.29, 1.82) is 0 Å². The summed E-state index contributed by atoms with van der Waals surface area (Å²) in [6.07, 6.45) is 2.17. The quantitative estimate of drug-likeness (QED) is 0.170. The summed E-state index contributed by atoms with van der Waals surface area (Å²) in [6.45, 7) is 7.94. The highest BCUT2D eigenvalue weighted by Crippen LogP contribution is 2.45. The van der Waals surface area contributed by atoms with E-state index in [1.54, 1.807) is 55.9 Å². The van der Waals surface area contributed by atoms with E-state index in [1.807, 2.05) is 6.92 Å². The zero-order chi connectivity index (χ0) is 27.1. The highest BCUT2D eigenvalue weighted by molar-refractivity contribution is 7.57. The summed E-state index contributed by atoms with van der Waals surface area (Å²) in [6, 6.07) is 6.37. The van der Waals surface area contributed by atoms with E-state index < -0.39 is 25.1 Å². The van der Waals surface area contributed by atoms with Crippen LogP contribution in [0.3, 0.4) is 0 Å². The molecule has 3 aromatic rings. The molecule has 0 amide bonds. The Morgan fingerprint density at radius 2 is 1.95 bits per heavy atom. The van der Waals surface area contributed by atoms with Crippen LogP contribution in [0, 0.1) is 0 Å². The monoisotopic (exact) mass is 554 g/mol. The molecule has 0 saturated heterocycles. The molecule has 1 aromatic carbocycles. The molecule has 0 aliphatic carbocycles. The van der Waals surface area contributed by atoms with Crippen LogP contribution in [-0.2, 0) is 30.1 Å². The first-order valence-corrected chi connectivity index (χ1v) is 13.8. The van der Waals surface area contributed by atoms with Gasteiger partial charge >= 0.3 is 13.5 Å². The first kappa shape index (κ1) is 28.8. The lowest BCUT2D eigenvalue weighted by Gasteiger charge is -2.30. The molecule has 2 heterocycles. The highest BCUT2D eigenvalue weighted by atomic mass is 35.5. The van der Waals surface area contributed by atoms with Gasteiger partial charge in [-0.1, -0.05) is 11.6 Å². The van der Waals surface area contributed by atoms with Crippen molar-refractivity contribution in [2.75, 3.05) is 31.9 Å². The van der Waals surface area contributed by atoms with E-state index >= 15 is 0 Å². The predicted molar refractivity (Wildman–Crippen MR) is 140 cm³/mol. The Balaban J connectivity index is 1.71. The molecule has 12 nitrogen and oxygen atoms in total. The number of rotatable bonds is 14. The summed E-state index contributed by atoms with van der Waals surface area (Å²) in [5, 5.41) is 3.32. The van der Waals surface area contributed by atoms with Crippen LogP contribution in [0.5, 0.6) is 5.75 Å². The Labute approximate surface area is 220 Å². The molecule has 0 fully saturated rings. The van der Waals surface area contributed by atoms with Gasteiger partial charge in [0.2, 0.25) is 0 Å². The summed E-state index contributed by atoms with van der Waals surface area (Å²) in [5.41, 5.74) is 5.54. The van der Waals surface area contributed by atoms with Crippen LogP contribution in [0.15, 0.2) is 36.9 Å². The lowest BCUT2D eigenvalue weighted by atomic mass is 10.1. The largest absolute Gasteiger partial charge is 0.462 e. The van der Waals surface area contributed by atoms with Crippen LogP contribution in [-0.4, -0.2) is 63.3 Å². The molecular formula is C23H32ClN6O6P. The lowest BCUT2D eigenvalue weighted by molar-refractivity contribution is -0.151. The maximum atomic E-state index is 13.9. The van der Waals surface area contributed by atoms with Gasteiger partial charge in [-0.2, -0.15) is 0 Å². The second kappa shape index (κ2) is 12.7. The van der Waals surface area contributed by atoms with Gasteiger partial charge in [-0.15, -0.1) is 0 Å². The van der Waals surface area contributed by atoms with Gasteiger partial charge in [-0.25, -0.2) is 20.0 Å². The number of ether oxygens (including phenoxy) is 3. The lowest BCUT2D eigenvalue weighted by Crippen LogP contribution is -2.47. The van der Waals surface area contributed by atoms with Crippen LogP contribution in [0.25, 0.3) is 11.2 Å². The molecular weight excluding hydrogens is 523 g/mol. The van der Waals surface area contributed by atoms with Crippen LogP contribution in [0.2, 0.25) is 5.02 Å². The fraction of sp³-hybridized carbons (Fsp3) is 0.478. The number of nitrogen functional groups attached to an aromatic ring is 1. The first-order chi connectivity index (χ1) is 17.5. The Kier molecular flexibility index (Phi) is 9.86. The van der Waals surface area contributed by atoms with Gasteiger partial charge in [0, 0.05) is 11.6 Å². The minimum atomic E-state index is -3.79. The van der Waals surface area contributed by atoms with E-state index in [0.29, 0.717) is 35.1 Å². The minimum absolute atomic E-state index is 0.0700. The summed E-state index contributed by atoms with van der Waals surface area (Å²) in [4.78, 5) is 25.1. The Hall–Kier alpha value is -2.76. The van der Waals surface area contributed by atoms with Crippen molar-refractivity contribution in [2.24, 2.45) is 0 Å². The highest BCUT2D eigenvalue weighted by Gasteiger charge is 2.39. The Bertz CT molecular complexity index is 1240. The fourth-order valence-corrected chi connectivity index (χ4v) is 5.47. The number of nitrogens with one attached hydrogen (secondary N) is 1. The fourth-order valence-electron chi connectivity index (χ4n) is 3.32. The summed E-state index contributed by atoms with van der Waals surface area (Å²) in [7, 11) is -3.79. The molecule has 0 aliphatic rings. The Morgan fingerprint density at radius 3 is 2.65 bits per heavy atom. The predicted octanol–water partition coefficient (Wildman–Crippen LogP) is 3.64. The number of hydrogen-bond donors (Lipinski definition) is 2. The number of anilines is 1. The number of imidazole rings is 1. The smallest absolute Gasteiger partial charge is 0.342 e. The van der Waals surface area contributed by atoms with Crippen molar-refractivity contribution in [3.8, 4) is 5.75 Å². The molecule has 0 spiro atoms. The molecule has 0 bridgehead atoms. The maximum Gasteiger partial charge on any atom is 0.342 e. The van der Waals surface area contributed by atoms with Crippen molar-refractivity contribution in [3.05, 3.63) is 41.9 Å². The Morgan fingerprint density at radius 1 is 1.22 bits per heavy atom. The van der Waals surface area contributed by atoms with Crippen LogP contribution < -0.4 is 15.3 Å². The normalized spacial score (nSPS) is 14.3. The number of esters is 1. The second-order valence-corrected chi connectivity index (χ2v) is 11.2. The molecule has 2 atom stereocenters. The molecule has 3 rings (SSSR count). The van der Waals surface area contributed by atoms with Gasteiger partial charge in [-0.3, -0.25) is 9.36 Å². The number of benzene rings is 1. The number of carbonyl (C=O) groups excluding carboxylic acids is 1. The van der Waals surface area contributed by atoms with Crippen molar-refractivity contribution < 1.29 is 28.1 Å². The topological polar surface area (TPSA) is 153 Å². The average Bonchev–Trinajstić information content (AvgIpc) is 3.25. The number of nitrogens with zero attached hydrogens (tertiary/aromatic N) is 4. The second-order valence-electron chi connectivity index (χ2n) is 8.72. The summed E-state index contributed by atoms with van der Waals surface area (Å²) < 4.78 is 37.9. The number of aromatic nitrogens is 4. The van der Waals surface area contributed by atoms with Gasteiger partial charge in [-0.05, 0) is 52.0 Å². The van der Waals surface area contributed by atoms with Crippen molar-refractivity contribution >= 4 is 42.1 Å². The average molecular weight is 555 g/mol. The van der Waals surface area contributed by atoms with Gasteiger partial charge in [0.1, 0.15) is 36.1 Å². The van der Waals surface area contributed by atoms with E-state index in [0.717, 1.165) is 0 Å². The third kappa shape index (κ3) is 8.11. The van der Waals surface area contributed by atoms with E-state index in [4.69, 9.17) is 36.1 Å². The molecule has 37 heavy (non-hydrogen) atoms. The molecule has 14 heteroatoms. The summed E-state index contributed by atoms with van der Waals surface area (Å²) in [5.74, 6) is -0.0371. The zero-order valence-electron chi connectivity index (χ0n) is 21.2.